The number of nitrogens with two attached hydrogens (primary N) is 1. The van der Waals surface area contributed by atoms with E-state index in [1.165, 1.54) is 6.07 Å². The Morgan fingerprint density at radius 3 is 2.68 bits per heavy atom. The third kappa shape index (κ3) is 2.83. The van der Waals surface area contributed by atoms with Gasteiger partial charge in [-0.3, -0.25) is 0 Å². The number of halogens is 1. The van der Waals surface area contributed by atoms with Crippen molar-refractivity contribution in [1.82, 2.24) is 0 Å². The Hall–Kier alpha value is -2.54. The molecule has 4 heteroatoms. The van der Waals surface area contributed by atoms with Gasteiger partial charge in [0, 0.05) is 30.5 Å². The SMILES string of the molecule is CN(Cc1cccc(C#N)c1F)c1cccc(N)c1. The quantitative estimate of drug-likeness (QED) is 0.858. The van der Waals surface area contributed by atoms with Gasteiger partial charge >= 0.3 is 0 Å². The molecule has 2 rings (SSSR count). The van der Waals surface area contributed by atoms with Gasteiger partial charge in [0.1, 0.15) is 11.9 Å². The summed E-state index contributed by atoms with van der Waals surface area (Å²) in [5, 5.41) is 8.81. The van der Waals surface area contributed by atoms with Crippen LogP contribution in [0.3, 0.4) is 0 Å². The van der Waals surface area contributed by atoms with Crippen LogP contribution in [-0.2, 0) is 6.54 Å². The molecule has 0 aliphatic carbocycles. The fourth-order valence-corrected chi connectivity index (χ4v) is 1.90. The van der Waals surface area contributed by atoms with Crippen LogP contribution in [0.4, 0.5) is 15.8 Å². The predicted molar refractivity (Wildman–Crippen MR) is 74.1 cm³/mol. The zero-order valence-electron chi connectivity index (χ0n) is 10.6. The molecule has 0 saturated heterocycles. The number of anilines is 2. The maximum atomic E-state index is 14.0. The molecule has 0 fully saturated rings. The predicted octanol–water partition coefficient (Wildman–Crippen LogP) is 2.92. The van der Waals surface area contributed by atoms with Gasteiger partial charge in [-0.05, 0) is 24.3 Å². The van der Waals surface area contributed by atoms with E-state index in [1.54, 1.807) is 18.2 Å². The monoisotopic (exact) mass is 255 g/mol. The summed E-state index contributed by atoms with van der Waals surface area (Å²) < 4.78 is 14.0. The van der Waals surface area contributed by atoms with Crippen LogP contribution in [-0.4, -0.2) is 7.05 Å². The number of benzene rings is 2. The maximum Gasteiger partial charge on any atom is 0.145 e. The lowest BCUT2D eigenvalue weighted by atomic mass is 10.1. The summed E-state index contributed by atoms with van der Waals surface area (Å²) in [4.78, 5) is 1.88. The molecule has 0 bridgehead atoms. The van der Waals surface area contributed by atoms with Gasteiger partial charge in [0.25, 0.3) is 0 Å². The Bertz CT molecular complexity index is 632. The number of nitrogen functional groups attached to an aromatic ring is 1. The van der Waals surface area contributed by atoms with E-state index in [1.807, 2.05) is 36.2 Å². The Morgan fingerprint density at radius 1 is 1.26 bits per heavy atom. The minimum Gasteiger partial charge on any atom is -0.399 e. The first kappa shape index (κ1) is 12.9. The highest BCUT2D eigenvalue weighted by Crippen LogP contribution is 2.20. The average Bonchev–Trinajstić information content (AvgIpc) is 2.41. The van der Waals surface area contributed by atoms with E-state index in [0.717, 1.165) is 5.69 Å². The van der Waals surface area contributed by atoms with Crippen LogP contribution in [0.25, 0.3) is 0 Å². The minimum absolute atomic E-state index is 0.0680. The molecule has 2 aromatic carbocycles. The van der Waals surface area contributed by atoms with Crippen LogP contribution in [0.1, 0.15) is 11.1 Å². The normalized spacial score (nSPS) is 9.95. The summed E-state index contributed by atoms with van der Waals surface area (Å²) in [7, 11) is 1.85. The van der Waals surface area contributed by atoms with E-state index in [0.29, 0.717) is 17.8 Å². The van der Waals surface area contributed by atoms with Crippen molar-refractivity contribution in [3.63, 3.8) is 0 Å². The Labute approximate surface area is 111 Å². The van der Waals surface area contributed by atoms with Crippen molar-refractivity contribution < 1.29 is 4.39 Å². The fraction of sp³-hybridized carbons (Fsp3) is 0.133. The lowest BCUT2D eigenvalue weighted by molar-refractivity contribution is 0.604. The molecule has 96 valence electrons. The number of rotatable bonds is 3. The molecule has 0 atom stereocenters. The molecule has 0 spiro atoms. The van der Waals surface area contributed by atoms with Gasteiger partial charge in [0.15, 0.2) is 0 Å². The van der Waals surface area contributed by atoms with E-state index in [4.69, 9.17) is 11.0 Å². The highest BCUT2D eigenvalue weighted by Gasteiger charge is 2.10. The van der Waals surface area contributed by atoms with Gasteiger partial charge in [-0.25, -0.2) is 4.39 Å². The van der Waals surface area contributed by atoms with Gasteiger partial charge in [-0.2, -0.15) is 5.26 Å². The second-order valence-corrected chi connectivity index (χ2v) is 4.34. The van der Waals surface area contributed by atoms with Gasteiger partial charge in [-0.15, -0.1) is 0 Å². The second kappa shape index (κ2) is 5.40. The summed E-state index contributed by atoms with van der Waals surface area (Å²) in [5.41, 5.74) is 7.85. The third-order valence-electron chi connectivity index (χ3n) is 2.92. The molecule has 3 nitrogen and oxygen atoms in total. The Morgan fingerprint density at radius 2 is 2.00 bits per heavy atom. The highest BCUT2D eigenvalue weighted by atomic mass is 19.1. The smallest absolute Gasteiger partial charge is 0.145 e. The number of nitriles is 1. The topological polar surface area (TPSA) is 53.0 Å². The van der Waals surface area contributed by atoms with E-state index >= 15 is 0 Å². The van der Waals surface area contributed by atoms with Crippen molar-refractivity contribution >= 4 is 11.4 Å². The van der Waals surface area contributed by atoms with Crippen LogP contribution in [0.5, 0.6) is 0 Å². The summed E-state index contributed by atoms with van der Waals surface area (Å²) in [6.07, 6.45) is 0. The van der Waals surface area contributed by atoms with Crippen molar-refractivity contribution in [3.8, 4) is 6.07 Å². The summed E-state index contributed by atoms with van der Waals surface area (Å²) in [6.45, 7) is 0.380. The van der Waals surface area contributed by atoms with E-state index < -0.39 is 5.82 Å². The molecule has 19 heavy (non-hydrogen) atoms. The van der Waals surface area contributed by atoms with E-state index in [9.17, 15) is 4.39 Å². The van der Waals surface area contributed by atoms with Crippen LogP contribution in [0.15, 0.2) is 42.5 Å². The molecule has 0 heterocycles. The first-order valence-electron chi connectivity index (χ1n) is 5.86. The van der Waals surface area contributed by atoms with Gasteiger partial charge in [-0.1, -0.05) is 18.2 Å². The van der Waals surface area contributed by atoms with Crippen molar-refractivity contribution in [1.29, 1.82) is 5.26 Å². The molecule has 0 aromatic heterocycles. The molecule has 2 aromatic rings. The summed E-state index contributed by atoms with van der Waals surface area (Å²) in [5.74, 6) is -0.458. The molecule has 0 aliphatic heterocycles. The largest absolute Gasteiger partial charge is 0.399 e. The van der Waals surface area contributed by atoms with Crippen LogP contribution in [0, 0.1) is 17.1 Å². The van der Waals surface area contributed by atoms with E-state index in [-0.39, 0.29) is 5.56 Å². The molecule has 0 unspecified atom stereocenters. The van der Waals surface area contributed by atoms with Crippen molar-refractivity contribution in [2.24, 2.45) is 0 Å². The van der Waals surface area contributed by atoms with Crippen LogP contribution in [0.2, 0.25) is 0 Å². The molecule has 0 aliphatic rings. The number of hydrogen-bond acceptors (Lipinski definition) is 3. The number of nitrogens with zero attached hydrogens (tertiary/aromatic N) is 2. The van der Waals surface area contributed by atoms with Crippen molar-refractivity contribution in [2.75, 3.05) is 17.7 Å². The van der Waals surface area contributed by atoms with E-state index in [2.05, 4.69) is 0 Å². The van der Waals surface area contributed by atoms with Crippen LogP contribution >= 0.6 is 0 Å². The Balaban J connectivity index is 2.25. The van der Waals surface area contributed by atoms with Gasteiger partial charge in [0.05, 0.1) is 5.56 Å². The standard InChI is InChI=1S/C15H14FN3/c1-19(14-7-3-6-13(18)8-14)10-12-5-2-4-11(9-17)15(12)16/h2-8H,10,18H2,1H3. The molecular formula is C15H14FN3. The lowest BCUT2D eigenvalue weighted by Crippen LogP contribution is -2.17. The van der Waals surface area contributed by atoms with Gasteiger partial charge < -0.3 is 10.6 Å². The molecule has 0 saturated carbocycles. The average molecular weight is 255 g/mol. The first-order valence-corrected chi connectivity index (χ1v) is 5.86. The second-order valence-electron chi connectivity index (χ2n) is 4.34. The lowest BCUT2D eigenvalue weighted by Gasteiger charge is -2.20. The molecule has 2 N–H and O–H groups in total. The fourth-order valence-electron chi connectivity index (χ4n) is 1.90. The van der Waals surface area contributed by atoms with Crippen molar-refractivity contribution in [2.45, 2.75) is 6.54 Å². The molecule has 0 radical (unpaired) electrons. The zero-order chi connectivity index (χ0) is 13.8. The number of hydrogen-bond donors (Lipinski definition) is 1. The highest BCUT2D eigenvalue weighted by molar-refractivity contribution is 5.55. The first-order chi connectivity index (χ1) is 9.11. The molecule has 0 amide bonds. The Kier molecular flexibility index (Phi) is 3.67. The van der Waals surface area contributed by atoms with Crippen LogP contribution < -0.4 is 10.6 Å². The summed E-state index contributed by atoms with van der Waals surface area (Å²) >= 11 is 0. The molecular weight excluding hydrogens is 241 g/mol. The van der Waals surface area contributed by atoms with Crippen molar-refractivity contribution in [3.05, 3.63) is 59.4 Å². The zero-order valence-corrected chi connectivity index (χ0v) is 10.6. The minimum atomic E-state index is -0.458. The third-order valence-corrected chi connectivity index (χ3v) is 2.92. The maximum absolute atomic E-state index is 14.0. The summed E-state index contributed by atoms with van der Waals surface area (Å²) in [6, 6.07) is 14.1. The van der Waals surface area contributed by atoms with Gasteiger partial charge in [0.2, 0.25) is 0 Å².